The first-order valence-corrected chi connectivity index (χ1v) is 11.3. The number of hydrogen-bond donors (Lipinski definition) is 8. The molecule has 4 aromatic rings. The van der Waals surface area contributed by atoms with Crippen molar-refractivity contribution in [1.82, 2.24) is 0 Å². The fraction of sp³-hybridized carbons (Fsp3) is 0. The van der Waals surface area contributed by atoms with Crippen molar-refractivity contribution in [3.05, 3.63) is 95.1 Å². The summed E-state index contributed by atoms with van der Waals surface area (Å²) in [6.07, 6.45) is 0. The van der Waals surface area contributed by atoms with Crippen molar-refractivity contribution >= 4 is 46.6 Å². The van der Waals surface area contributed by atoms with E-state index < -0.39 is 23.9 Å². The van der Waals surface area contributed by atoms with Crippen LogP contribution in [0, 0.1) is 0 Å². The van der Waals surface area contributed by atoms with Gasteiger partial charge in [0.25, 0.3) is 0 Å². The molecule has 0 saturated heterocycles. The van der Waals surface area contributed by atoms with Gasteiger partial charge in [0.05, 0.1) is 22.4 Å². The Hall–Kier alpha value is -6.04. The molecule has 0 aliphatic rings. The normalized spacial score (nSPS) is 10.2. The van der Waals surface area contributed by atoms with E-state index in [1.54, 1.807) is 30.3 Å². The number of carbonyl (C=O) groups is 4. The fourth-order valence-corrected chi connectivity index (χ4v) is 3.82. The molecule has 0 aliphatic heterocycles. The Morgan fingerprint density at radius 2 is 1.05 bits per heavy atom. The third kappa shape index (κ3) is 6.08. The summed E-state index contributed by atoms with van der Waals surface area (Å²) in [6, 6.07) is 17.8. The minimum Gasteiger partial charge on any atom is -0.478 e. The minimum absolute atomic E-state index is 0.00566. The molecule has 0 aromatic heterocycles. The van der Waals surface area contributed by atoms with Crippen molar-refractivity contribution in [2.45, 2.75) is 0 Å². The molecule has 12 heteroatoms. The molecule has 0 bridgehead atoms. The molecule has 0 radical (unpaired) electrons. The zero-order valence-electron chi connectivity index (χ0n) is 20.7. The molecule has 0 aliphatic carbocycles. The topological polar surface area (TPSA) is 253 Å². The molecule has 0 saturated carbocycles. The number of aromatic carboxylic acids is 4. The van der Waals surface area contributed by atoms with Crippen LogP contribution in [0.2, 0.25) is 0 Å². The Morgan fingerprint density at radius 3 is 1.60 bits per heavy atom. The average Bonchev–Trinajstić information content (AvgIpc) is 2.89. The van der Waals surface area contributed by atoms with Crippen molar-refractivity contribution < 1.29 is 39.6 Å². The summed E-state index contributed by atoms with van der Waals surface area (Å²) in [7, 11) is 0. The molecule has 4 aromatic carbocycles. The van der Waals surface area contributed by atoms with Crippen LogP contribution >= 0.6 is 0 Å². The van der Waals surface area contributed by atoms with Gasteiger partial charge >= 0.3 is 23.9 Å². The van der Waals surface area contributed by atoms with Crippen LogP contribution in [0.3, 0.4) is 0 Å². The van der Waals surface area contributed by atoms with E-state index in [4.69, 9.17) is 38.3 Å². The second kappa shape index (κ2) is 11.6. The van der Waals surface area contributed by atoms with E-state index in [0.29, 0.717) is 27.9 Å². The molecule has 0 spiro atoms. The van der Waals surface area contributed by atoms with Gasteiger partial charge < -0.3 is 43.4 Å². The van der Waals surface area contributed by atoms with Crippen LogP contribution in [-0.4, -0.2) is 44.3 Å². The predicted molar refractivity (Wildman–Crippen MR) is 149 cm³/mol. The highest BCUT2D eigenvalue weighted by molar-refractivity contribution is 6.03. The van der Waals surface area contributed by atoms with Crippen molar-refractivity contribution in [1.29, 1.82) is 0 Å². The Morgan fingerprint density at radius 1 is 0.500 bits per heavy atom. The molecule has 0 amide bonds. The van der Waals surface area contributed by atoms with Gasteiger partial charge in [0.2, 0.25) is 0 Å². The summed E-state index contributed by atoms with van der Waals surface area (Å²) >= 11 is 0. The number of rotatable bonds is 6. The van der Waals surface area contributed by atoms with Crippen LogP contribution in [0.4, 0.5) is 22.7 Å². The lowest BCUT2D eigenvalue weighted by Gasteiger charge is -2.11. The molecule has 12 nitrogen and oxygen atoms in total. The zero-order valence-corrected chi connectivity index (χ0v) is 20.7. The minimum atomic E-state index is -1.20. The Kier molecular flexibility index (Phi) is 8.25. The molecule has 12 N–H and O–H groups in total. The fourth-order valence-electron chi connectivity index (χ4n) is 3.82. The molecule has 4 rings (SSSR count). The van der Waals surface area contributed by atoms with Crippen molar-refractivity contribution in [3.63, 3.8) is 0 Å². The maximum absolute atomic E-state index is 11.2. The third-order valence-corrected chi connectivity index (χ3v) is 5.80. The molecule has 0 atom stereocenters. The lowest BCUT2D eigenvalue weighted by atomic mass is 9.97. The summed E-state index contributed by atoms with van der Waals surface area (Å²) in [5, 5.41) is 36.2. The van der Waals surface area contributed by atoms with Crippen molar-refractivity contribution in [2.75, 3.05) is 22.9 Å². The lowest BCUT2D eigenvalue weighted by molar-refractivity contribution is 0.0686. The van der Waals surface area contributed by atoms with E-state index in [-0.39, 0.29) is 39.3 Å². The first-order chi connectivity index (χ1) is 18.8. The van der Waals surface area contributed by atoms with Crippen LogP contribution < -0.4 is 22.9 Å². The summed E-state index contributed by atoms with van der Waals surface area (Å²) in [5.41, 5.74) is 25.0. The number of carboxylic acids is 4. The Bertz CT molecular complexity index is 1650. The molecular formula is C28H24N4O8. The van der Waals surface area contributed by atoms with Gasteiger partial charge in [0.15, 0.2) is 0 Å². The number of anilines is 4. The highest BCUT2D eigenvalue weighted by atomic mass is 16.4. The standard InChI is InChI=1S/2C14H12N2O4/c15-8-2-3-9(10(6-8)13(17)18)7-1-4-12(16)11(5-7)14(19)20;15-10-6-5-9(12(16)11(10)14(19)20)7-1-3-8(4-2-7)13(17)18/h2*1-6H,15-16H2,(H,17,18)(H,19,20). The van der Waals surface area contributed by atoms with Crippen LogP contribution in [0.25, 0.3) is 22.3 Å². The van der Waals surface area contributed by atoms with Gasteiger partial charge in [0.1, 0.15) is 5.56 Å². The number of carboxylic acid groups (broad SMARTS) is 4. The zero-order chi connectivity index (χ0) is 29.7. The van der Waals surface area contributed by atoms with E-state index >= 15 is 0 Å². The van der Waals surface area contributed by atoms with Gasteiger partial charge in [-0.05, 0) is 59.2 Å². The molecule has 0 unspecified atom stereocenters. The first kappa shape index (κ1) is 28.5. The predicted octanol–water partition coefficient (Wildman–Crippen LogP) is 3.83. The smallest absolute Gasteiger partial charge is 0.339 e. The second-order valence-corrected chi connectivity index (χ2v) is 8.40. The average molecular weight is 545 g/mol. The molecule has 40 heavy (non-hydrogen) atoms. The van der Waals surface area contributed by atoms with E-state index in [9.17, 15) is 24.3 Å². The summed E-state index contributed by atoms with van der Waals surface area (Å²) in [4.78, 5) is 44.2. The second-order valence-electron chi connectivity index (χ2n) is 8.40. The van der Waals surface area contributed by atoms with Crippen LogP contribution in [0.5, 0.6) is 0 Å². The molecule has 0 fully saturated rings. The third-order valence-electron chi connectivity index (χ3n) is 5.80. The van der Waals surface area contributed by atoms with E-state index in [1.807, 2.05) is 0 Å². The Labute approximate surface area is 226 Å². The van der Waals surface area contributed by atoms with Crippen LogP contribution in [0.15, 0.2) is 72.8 Å². The number of nitrogens with two attached hydrogens (primary N) is 4. The van der Waals surface area contributed by atoms with Gasteiger partial charge in [-0.15, -0.1) is 0 Å². The quantitative estimate of drug-likeness (QED) is 0.161. The summed E-state index contributed by atoms with van der Waals surface area (Å²) < 4.78 is 0. The highest BCUT2D eigenvalue weighted by Gasteiger charge is 2.17. The summed E-state index contributed by atoms with van der Waals surface area (Å²) in [6.45, 7) is 0. The summed E-state index contributed by atoms with van der Waals surface area (Å²) in [5.74, 6) is -4.55. The van der Waals surface area contributed by atoms with Gasteiger partial charge in [-0.3, -0.25) is 0 Å². The van der Waals surface area contributed by atoms with Crippen LogP contribution in [-0.2, 0) is 0 Å². The van der Waals surface area contributed by atoms with Gasteiger partial charge in [-0.2, -0.15) is 0 Å². The highest BCUT2D eigenvalue weighted by Crippen LogP contribution is 2.32. The van der Waals surface area contributed by atoms with E-state index in [2.05, 4.69) is 0 Å². The van der Waals surface area contributed by atoms with Crippen molar-refractivity contribution in [3.8, 4) is 22.3 Å². The Balaban J connectivity index is 0.000000220. The van der Waals surface area contributed by atoms with Gasteiger partial charge in [-0.1, -0.05) is 30.3 Å². The SMILES string of the molecule is Nc1ccc(-c2ccc(C(=O)O)cc2)c(N)c1C(=O)O.Nc1ccc(-c2ccc(N)c(C(=O)O)c2)c(C(=O)O)c1. The monoisotopic (exact) mass is 544 g/mol. The maximum atomic E-state index is 11.2. The molecular weight excluding hydrogens is 520 g/mol. The lowest BCUT2D eigenvalue weighted by Crippen LogP contribution is -2.08. The molecule has 204 valence electrons. The van der Waals surface area contributed by atoms with Crippen LogP contribution in [0.1, 0.15) is 41.4 Å². The van der Waals surface area contributed by atoms with Gasteiger partial charge in [0, 0.05) is 22.6 Å². The van der Waals surface area contributed by atoms with E-state index in [1.165, 1.54) is 42.5 Å². The number of hydrogen-bond acceptors (Lipinski definition) is 8. The first-order valence-electron chi connectivity index (χ1n) is 11.3. The maximum Gasteiger partial charge on any atom is 0.339 e. The number of benzene rings is 4. The van der Waals surface area contributed by atoms with E-state index in [0.717, 1.165) is 0 Å². The number of nitrogen functional groups attached to an aromatic ring is 4. The molecule has 0 heterocycles. The van der Waals surface area contributed by atoms with Crippen molar-refractivity contribution in [2.24, 2.45) is 0 Å². The van der Waals surface area contributed by atoms with Gasteiger partial charge in [-0.25, -0.2) is 19.2 Å². The largest absolute Gasteiger partial charge is 0.478 e.